The lowest BCUT2D eigenvalue weighted by molar-refractivity contribution is 0.218. The number of hydrogen-bond acceptors (Lipinski definition) is 4. The van der Waals surface area contributed by atoms with E-state index < -0.39 is 6.10 Å². The van der Waals surface area contributed by atoms with E-state index in [4.69, 9.17) is 21.1 Å². The highest BCUT2D eigenvalue weighted by molar-refractivity contribution is 7.10. The molecule has 0 aliphatic rings. The van der Waals surface area contributed by atoms with Crippen LogP contribution in [0.15, 0.2) is 29.6 Å². The van der Waals surface area contributed by atoms with Crippen molar-refractivity contribution in [1.29, 1.82) is 0 Å². The molecule has 0 radical (unpaired) electrons. The van der Waals surface area contributed by atoms with Crippen molar-refractivity contribution >= 4 is 22.9 Å². The Hall–Kier alpha value is -1.23. The van der Waals surface area contributed by atoms with Crippen molar-refractivity contribution in [1.82, 2.24) is 0 Å². The van der Waals surface area contributed by atoms with Gasteiger partial charge in [0.05, 0.1) is 14.2 Å². The number of thiophene rings is 1. The lowest BCUT2D eigenvalue weighted by atomic mass is 10.1. The van der Waals surface area contributed by atoms with Gasteiger partial charge in [-0.05, 0) is 24.3 Å². The van der Waals surface area contributed by atoms with Gasteiger partial charge in [-0.3, -0.25) is 0 Å². The molecule has 0 spiro atoms. The molecule has 0 saturated carbocycles. The van der Waals surface area contributed by atoms with Crippen LogP contribution in [0.2, 0.25) is 5.02 Å². The van der Waals surface area contributed by atoms with E-state index in [0.717, 1.165) is 10.6 Å². The van der Waals surface area contributed by atoms with Gasteiger partial charge in [-0.25, -0.2) is 0 Å². The zero-order chi connectivity index (χ0) is 13.1. The van der Waals surface area contributed by atoms with Crippen LogP contribution >= 0.6 is 22.9 Å². The Morgan fingerprint density at radius 2 is 2.00 bits per heavy atom. The Labute approximate surface area is 115 Å². The molecular weight excluding hydrogens is 272 g/mol. The molecule has 0 aliphatic heterocycles. The van der Waals surface area contributed by atoms with Crippen LogP contribution in [-0.2, 0) is 0 Å². The maximum Gasteiger partial charge on any atom is 0.129 e. The predicted octanol–water partition coefficient (Wildman–Crippen LogP) is 3.50. The van der Waals surface area contributed by atoms with Gasteiger partial charge < -0.3 is 14.6 Å². The molecule has 0 aliphatic carbocycles. The van der Waals surface area contributed by atoms with Crippen LogP contribution in [0.3, 0.4) is 0 Å². The second-order valence-corrected chi connectivity index (χ2v) is 5.06. The van der Waals surface area contributed by atoms with Crippen LogP contribution < -0.4 is 9.47 Å². The smallest absolute Gasteiger partial charge is 0.129 e. The molecule has 1 aromatic heterocycles. The Morgan fingerprint density at radius 3 is 2.61 bits per heavy atom. The number of aliphatic hydroxyl groups excluding tert-OH is 1. The molecule has 1 unspecified atom stereocenters. The van der Waals surface area contributed by atoms with Gasteiger partial charge >= 0.3 is 0 Å². The number of ether oxygens (including phenoxy) is 2. The van der Waals surface area contributed by atoms with E-state index in [0.29, 0.717) is 16.3 Å². The Balaban J connectivity index is 2.38. The fourth-order valence-corrected chi connectivity index (χ4v) is 2.69. The minimum Gasteiger partial charge on any atom is -0.496 e. The maximum atomic E-state index is 10.4. The predicted molar refractivity (Wildman–Crippen MR) is 72.9 cm³/mol. The standard InChI is InChI=1S/C13H13ClO3S/c1-16-9-6-12(18-7-9)13(15)10-5-8(14)3-4-11(10)17-2/h3-7,13,15H,1-2H3. The molecule has 0 bridgehead atoms. The van der Waals surface area contributed by atoms with E-state index in [9.17, 15) is 5.11 Å². The van der Waals surface area contributed by atoms with Gasteiger partial charge in [0.25, 0.3) is 0 Å². The summed E-state index contributed by atoms with van der Waals surface area (Å²) in [5, 5.41) is 12.8. The Morgan fingerprint density at radius 1 is 1.22 bits per heavy atom. The Kier molecular flexibility index (Phi) is 4.11. The van der Waals surface area contributed by atoms with E-state index in [1.54, 1.807) is 38.5 Å². The van der Waals surface area contributed by atoms with Crippen molar-refractivity contribution in [3.05, 3.63) is 45.1 Å². The van der Waals surface area contributed by atoms with E-state index in [2.05, 4.69) is 0 Å². The molecule has 2 rings (SSSR count). The van der Waals surface area contributed by atoms with Gasteiger partial charge in [0.1, 0.15) is 17.6 Å². The zero-order valence-corrected chi connectivity index (χ0v) is 11.6. The summed E-state index contributed by atoms with van der Waals surface area (Å²) in [6.45, 7) is 0. The third-order valence-electron chi connectivity index (χ3n) is 2.59. The molecule has 5 heteroatoms. The zero-order valence-electron chi connectivity index (χ0n) is 10.0. The van der Waals surface area contributed by atoms with E-state index >= 15 is 0 Å². The molecule has 0 saturated heterocycles. The topological polar surface area (TPSA) is 38.7 Å². The minimum absolute atomic E-state index is 0.563. The highest BCUT2D eigenvalue weighted by Gasteiger charge is 2.18. The van der Waals surface area contributed by atoms with E-state index in [1.807, 2.05) is 5.38 Å². The summed E-state index contributed by atoms with van der Waals surface area (Å²) in [6.07, 6.45) is -0.771. The van der Waals surface area contributed by atoms with E-state index in [1.165, 1.54) is 11.3 Å². The van der Waals surface area contributed by atoms with Crippen molar-refractivity contribution in [2.75, 3.05) is 14.2 Å². The van der Waals surface area contributed by atoms with Crippen LogP contribution in [0.4, 0.5) is 0 Å². The van der Waals surface area contributed by atoms with Crippen molar-refractivity contribution in [3.63, 3.8) is 0 Å². The number of rotatable bonds is 4. The molecule has 1 N–H and O–H groups in total. The van der Waals surface area contributed by atoms with Crippen LogP contribution in [0, 0.1) is 0 Å². The highest BCUT2D eigenvalue weighted by atomic mass is 35.5. The molecule has 18 heavy (non-hydrogen) atoms. The van der Waals surface area contributed by atoms with Crippen LogP contribution in [0.25, 0.3) is 0 Å². The molecule has 0 amide bonds. The maximum absolute atomic E-state index is 10.4. The molecule has 0 fully saturated rings. The summed E-state index contributed by atoms with van der Waals surface area (Å²) >= 11 is 7.38. The van der Waals surface area contributed by atoms with Gasteiger partial charge in [-0.15, -0.1) is 11.3 Å². The summed E-state index contributed by atoms with van der Waals surface area (Å²) in [5.41, 5.74) is 0.648. The average Bonchev–Trinajstić information content (AvgIpc) is 2.86. The molecule has 1 heterocycles. The number of halogens is 1. The van der Waals surface area contributed by atoms with Gasteiger partial charge in [-0.2, -0.15) is 0 Å². The van der Waals surface area contributed by atoms with Crippen LogP contribution in [-0.4, -0.2) is 19.3 Å². The summed E-state index contributed by atoms with van der Waals surface area (Å²) in [5.74, 6) is 1.34. The lowest BCUT2D eigenvalue weighted by Crippen LogP contribution is -2.00. The van der Waals surface area contributed by atoms with Crippen molar-refractivity contribution in [2.24, 2.45) is 0 Å². The molecule has 96 valence electrons. The van der Waals surface area contributed by atoms with Crippen molar-refractivity contribution in [3.8, 4) is 11.5 Å². The van der Waals surface area contributed by atoms with Crippen LogP contribution in [0.1, 0.15) is 16.5 Å². The number of methoxy groups -OCH3 is 2. The first kappa shape index (κ1) is 13.2. The fourth-order valence-electron chi connectivity index (χ4n) is 1.66. The normalized spacial score (nSPS) is 12.2. The minimum atomic E-state index is -0.771. The quantitative estimate of drug-likeness (QED) is 0.934. The fraction of sp³-hybridized carbons (Fsp3) is 0.231. The van der Waals surface area contributed by atoms with Gasteiger partial charge in [-0.1, -0.05) is 11.6 Å². The number of hydrogen-bond donors (Lipinski definition) is 1. The first-order valence-electron chi connectivity index (χ1n) is 5.29. The van der Waals surface area contributed by atoms with Gasteiger partial charge in [0.15, 0.2) is 0 Å². The van der Waals surface area contributed by atoms with Crippen LogP contribution in [0.5, 0.6) is 11.5 Å². The molecular formula is C13H13ClO3S. The average molecular weight is 285 g/mol. The van der Waals surface area contributed by atoms with Crippen molar-refractivity contribution < 1.29 is 14.6 Å². The largest absolute Gasteiger partial charge is 0.496 e. The summed E-state index contributed by atoms with van der Waals surface area (Å²) in [6, 6.07) is 6.98. The third-order valence-corrected chi connectivity index (χ3v) is 3.79. The molecule has 1 atom stereocenters. The summed E-state index contributed by atoms with van der Waals surface area (Å²) < 4.78 is 10.3. The monoisotopic (exact) mass is 284 g/mol. The lowest BCUT2D eigenvalue weighted by Gasteiger charge is -2.13. The Bertz CT molecular complexity index is 539. The third kappa shape index (κ3) is 2.61. The first-order valence-corrected chi connectivity index (χ1v) is 6.55. The molecule has 3 nitrogen and oxygen atoms in total. The molecule has 2 aromatic rings. The number of aliphatic hydroxyl groups is 1. The highest BCUT2D eigenvalue weighted by Crippen LogP contribution is 2.36. The number of benzene rings is 1. The van der Waals surface area contributed by atoms with Gasteiger partial charge in [0.2, 0.25) is 0 Å². The van der Waals surface area contributed by atoms with Crippen molar-refractivity contribution in [2.45, 2.75) is 6.10 Å². The second kappa shape index (κ2) is 5.61. The molecule has 1 aromatic carbocycles. The first-order chi connectivity index (χ1) is 8.65. The summed E-state index contributed by atoms with van der Waals surface area (Å²) in [7, 11) is 3.16. The summed E-state index contributed by atoms with van der Waals surface area (Å²) in [4.78, 5) is 0.785. The van der Waals surface area contributed by atoms with Gasteiger partial charge in [0, 0.05) is 20.8 Å². The second-order valence-electron chi connectivity index (χ2n) is 3.68. The van der Waals surface area contributed by atoms with E-state index in [-0.39, 0.29) is 0 Å². The SMILES string of the molecule is COc1csc(C(O)c2cc(Cl)ccc2OC)c1.